The van der Waals surface area contributed by atoms with Crippen LogP contribution in [0, 0.1) is 0 Å². The maximum atomic E-state index is 12.6. The van der Waals surface area contributed by atoms with Crippen LogP contribution in [0.15, 0.2) is 91.0 Å². The highest BCUT2D eigenvalue weighted by Crippen LogP contribution is 2.25. The summed E-state index contributed by atoms with van der Waals surface area (Å²) in [5.74, 6) is 0.293. The van der Waals surface area contributed by atoms with Gasteiger partial charge in [-0.05, 0) is 106 Å². The van der Waals surface area contributed by atoms with Gasteiger partial charge in [-0.25, -0.2) is 9.59 Å². The Bertz CT molecular complexity index is 1310. The van der Waals surface area contributed by atoms with Gasteiger partial charge in [0, 0.05) is 0 Å². The summed E-state index contributed by atoms with van der Waals surface area (Å²) in [6.07, 6.45) is 12.4. The highest BCUT2D eigenvalue weighted by molar-refractivity contribution is 5.93. The Morgan fingerprint density at radius 1 is 0.650 bits per heavy atom. The summed E-state index contributed by atoms with van der Waals surface area (Å²) >= 11 is 0. The van der Waals surface area contributed by atoms with E-state index < -0.39 is 11.9 Å². The third-order valence-corrected chi connectivity index (χ3v) is 5.74. The van der Waals surface area contributed by atoms with E-state index in [0.717, 1.165) is 25.7 Å². The second-order valence-corrected chi connectivity index (χ2v) is 8.76. The van der Waals surface area contributed by atoms with Gasteiger partial charge in [0.2, 0.25) is 0 Å². The molecule has 0 unspecified atom stereocenters. The molecule has 0 N–H and O–H groups in total. The van der Waals surface area contributed by atoms with Crippen molar-refractivity contribution in [3.63, 3.8) is 0 Å². The molecule has 0 bridgehead atoms. The number of benzene rings is 3. The van der Waals surface area contributed by atoms with Crippen LogP contribution in [0.2, 0.25) is 0 Å². The minimum Gasteiger partial charge on any atom is -0.494 e. The van der Waals surface area contributed by atoms with Crippen LogP contribution in [0.25, 0.3) is 0 Å². The zero-order valence-corrected chi connectivity index (χ0v) is 22.8. The largest absolute Gasteiger partial charge is 0.494 e. The van der Waals surface area contributed by atoms with Gasteiger partial charge in [0.25, 0.3) is 0 Å². The monoisotopic (exact) mass is 542 g/mol. The number of hydrogen-bond donors (Lipinski definition) is 0. The Morgan fingerprint density at radius 2 is 1.12 bits per heavy atom. The number of rotatable bonds is 15. The maximum absolute atomic E-state index is 12.6. The van der Waals surface area contributed by atoms with Crippen molar-refractivity contribution in [1.29, 1.82) is 0 Å². The molecule has 0 amide bonds. The zero-order valence-electron chi connectivity index (χ0n) is 22.8. The van der Waals surface area contributed by atoms with Crippen LogP contribution < -0.4 is 18.9 Å². The zero-order chi connectivity index (χ0) is 28.6. The van der Waals surface area contributed by atoms with Gasteiger partial charge < -0.3 is 18.9 Å². The van der Waals surface area contributed by atoms with Gasteiger partial charge >= 0.3 is 11.9 Å². The number of esters is 2. The van der Waals surface area contributed by atoms with Crippen molar-refractivity contribution < 1.29 is 33.3 Å². The molecule has 0 atom stereocenters. The van der Waals surface area contributed by atoms with Crippen molar-refractivity contribution in [2.45, 2.75) is 39.5 Å². The molecule has 7 heteroatoms. The molecule has 0 aliphatic carbocycles. The average molecular weight is 543 g/mol. The van der Waals surface area contributed by atoms with Crippen LogP contribution in [-0.4, -0.2) is 31.4 Å². The standard InChI is InChI=1S/C33H34O7/c1-3-5-7-9-21-37-28-15-11-25(12-16-28)32(35)39-30-19-20-31(27(23-30)24-34)40-33(36)26-13-17-29(18-14-26)38-22-10-8-6-4-2/h3-6,11-20,23-24H,7-10,21-22H2,1-2H3. The lowest BCUT2D eigenvalue weighted by molar-refractivity contribution is 0.0717. The second-order valence-electron chi connectivity index (χ2n) is 8.76. The Morgan fingerprint density at radius 3 is 1.60 bits per heavy atom. The van der Waals surface area contributed by atoms with Crippen LogP contribution in [0.4, 0.5) is 0 Å². The van der Waals surface area contributed by atoms with E-state index in [1.807, 2.05) is 26.0 Å². The predicted octanol–water partition coefficient (Wildman–Crippen LogP) is 7.41. The number of aldehydes is 1. The number of hydrogen-bond acceptors (Lipinski definition) is 7. The van der Waals surface area contributed by atoms with Crippen LogP contribution in [0.1, 0.15) is 70.6 Å². The molecule has 0 aliphatic rings. The summed E-state index contributed by atoms with van der Waals surface area (Å²) in [6.45, 7) is 5.11. The summed E-state index contributed by atoms with van der Waals surface area (Å²) in [6, 6.07) is 17.4. The molecule has 0 saturated heterocycles. The molecule has 0 fully saturated rings. The van der Waals surface area contributed by atoms with Crippen molar-refractivity contribution in [3.05, 3.63) is 108 Å². The second kappa shape index (κ2) is 16.3. The first kappa shape index (κ1) is 29.9. The molecular formula is C33H34O7. The normalized spacial score (nSPS) is 10.9. The Balaban J connectivity index is 1.54. The van der Waals surface area contributed by atoms with Crippen molar-refractivity contribution in [3.8, 4) is 23.0 Å². The molecule has 0 aromatic heterocycles. The highest BCUT2D eigenvalue weighted by atomic mass is 16.5. The molecule has 0 aliphatic heterocycles. The van der Waals surface area contributed by atoms with E-state index in [1.54, 1.807) is 48.5 Å². The van der Waals surface area contributed by atoms with Gasteiger partial charge in [0.15, 0.2) is 6.29 Å². The molecular weight excluding hydrogens is 508 g/mol. The Hall–Kier alpha value is -4.65. The number of unbranched alkanes of at least 4 members (excludes halogenated alkanes) is 2. The molecule has 3 aromatic carbocycles. The molecule has 208 valence electrons. The average Bonchev–Trinajstić information content (AvgIpc) is 2.98. The lowest BCUT2D eigenvalue weighted by Crippen LogP contribution is -2.11. The van der Waals surface area contributed by atoms with Gasteiger partial charge in [0.1, 0.15) is 23.0 Å². The van der Waals surface area contributed by atoms with Crippen molar-refractivity contribution >= 4 is 18.2 Å². The SMILES string of the molecule is CC=CCCCOc1ccc(C(=O)Oc2ccc(OC(=O)c3ccc(OCCCC=CC)cc3)c(C=O)c2)cc1. The lowest BCUT2D eigenvalue weighted by Gasteiger charge is -2.10. The third-order valence-electron chi connectivity index (χ3n) is 5.74. The number of carbonyl (C=O) groups excluding carboxylic acids is 3. The van der Waals surface area contributed by atoms with Gasteiger partial charge in [-0.2, -0.15) is 0 Å². The molecule has 7 nitrogen and oxygen atoms in total. The maximum Gasteiger partial charge on any atom is 0.343 e. The van der Waals surface area contributed by atoms with Crippen molar-refractivity contribution in [2.24, 2.45) is 0 Å². The van der Waals surface area contributed by atoms with Gasteiger partial charge in [0.05, 0.1) is 29.9 Å². The van der Waals surface area contributed by atoms with E-state index in [2.05, 4.69) is 12.2 Å². The van der Waals surface area contributed by atoms with E-state index in [4.69, 9.17) is 18.9 Å². The summed E-state index contributed by atoms with van der Waals surface area (Å²) < 4.78 is 22.2. The molecule has 40 heavy (non-hydrogen) atoms. The molecule has 0 spiro atoms. The van der Waals surface area contributed by atoms with E-state index in [0.29, 0.717) is 42.1 Å². The fourth-order valence-electron chi connectivity index (χ4n) is 3.59. The Labute approximate surface area is 235 Å². The highest BCUT2D eigenvalue weighted by Gasteiger charge is 2.15. The number of allylic oxidation sites excluding steroid dienone is 4. The summed E-state index contributed by atoms with van der Waals surface area (Å²) in [5, 5.41) is 0. The lowest BCUT2D eigenvalue weighted by atomic mass is 10.2. The summed E-state index contributed by atoms with van der Waals surface area (Å²) in [4.78, 5) is 36.9. The minimum atomic E-state index is -0.628. The molecule has 3 rings (SSSR count). The molecule has 3 aromatic rings. The van der Waals surface area contributed by atoms with E-state index in [9.17, 15) is 14.4 Å². The van der Waals surface area contributed by atoms with E-state index in [-0.39, 0.29) is 17.1 Å². The summed E-state index contributed by atoms with van der Waals surface area (Å²) in [5.41, 5.74) is 0.704. The Kier molecular flexibility index (Phi) is 12.2. The van der Waals surface area contributed by atoms with Crippen molar-refractivity contribution in [2.75, 3.05) is 13.2 Å². The molecule has 0 heterocycles. The topological polar surface area (TPSA) is 88.1 Å². The first-order valence-corrected chi connectivity index (χ1v) is 13.3. The van der Waals surface area contributed by atoms with Gasteiger partial charge in [-0.3, -0.25) is 4.79 Å². The van der Waals surface area contributed by atoms with Crippen LogP contribution in [0.3, 0.4) is 0 Å². The fourth-order valence-corrected chi connectivity index (χ4v) is 3.59. The smallest absolute Gasteiger partial charge is 0.343 e. The van der Waals surface area contributed by atoms with E-state index in [1.165, 1.54) is 18.2 Å². The summed E-state index contributed by atoms with van der Waals surface area (Å²) in [7, 11) is 0. The minimum absolute atomic E-state index is 0.0556. The van der Waals surface area contributed by atoms with Gasteiger partial charge in [-0.1, -0.05) is 24.3 Å². The van der Waals surface area contributed by atoms with Crippen LogP contribution in [0.5, 0.6) is 23.0 Å². The first-order valence-electron chi connectivity index (χ1n) is 13.3. The quantitative estimate of drug-likeness (QED) is 0.0650. The van der Waals surface area contributed by atoms with E-state index >= 15 is 0 Å². The number of ether oxygens (including phenoxy) is 4. The van der Waals surface area contributed by atoms with Gasteiger partial charge in [-0.15, -0.1) is 0 Å². The third kappa shape index (κ3) is 9.58. The predicted molar refractivity (Wildman–Crippen MR) is 154 cm³/mol. The van der Waals surface area contributed by atoms with Crippen LogP contribution >= 0.6 is 0 Å². The fraction of sp³-hybridized carbons (Fsp3) is 0.242. The van der Waals surface area contributed by atoms with Crippen molar-refractivity contribution in [1.82, 2.24) is 0 Å². The first-order chi connectivity index (χ1) is 19.5. The number of carbonyl (C=O) groups is 3. The molecule has 0 radical (unpaired) electrons. The van der Waals surface area contributed by atoms with Crippen LogP contribution in [-0.2, 0) is 0 Å². The molecule has 0 saturated carbocycles.